The molecule has 0 rings (SSSR count). The maximum Gasteiger partial charge on any atom is 0.361 e. The minimum absolute atomic E-state index is 0.503. The summed E-state index contributed by atoms with van der Waals surface area (Å²) in [4.78, 5) is 4.08. The van der Waals surface area contributed by atoms with E-state index in [1.165, 1.54) is 34.7 Å². The molecule has 0 radical (unpaired) electrons. The maximum absolute atomic E-state index is 11.7. The lowest BCUT2D eigenvalue weighted by atomic mass is 10.2. The Morgan fingerprint density at radius 2 is 2.29 bits per heavy atom. The van der Waals surface area contributed by atoms with Crippen LogP contribution in [0.3, 0.4) is 0 Å². The Morgan fingerprint density at radius 1 is 1.64 bits per heavy atom. The van der Waals surface area contributed by atoms with Crippen molar-refractivity contribution in [3.05, 3.63) is 0 Å². The van der Waals surface area contributed by atoms with E-state index < -0.39 is 6.72 Å². The van der Waals surface area contributed by atoms with Gasteiger partial charge in [-0.25, -0.2) is 0 Å². The summed E-state index contributed by atoms with van der Waals surface area (Å²) in [5.41, 5.74) is 0. The third-order valence-corrected chi connectivity index (χ3v) is 7.36. The van der Waals surface area contributed by atoms with Crippen LogP contribution in [0.5, 0.6) is 0 Å². The molecule has 0 amide bonds. The standard InChI is InChI=1S/C7H17N2O2PS2/c1-7(2)5-8-6-9-12(10,11-3)14-13-4/h6-7H,5H2,1-4H3,(H,8,9,10). The van der Waals surface area contributed by atoms with Gasteiger partial charge in [-0.3, -0.25) is 14.6 Å². The van der Waals surface area contributed by atoms with Crippen molar-refractivity contribution in [1.29, 1.82) is 0 Å². The maximum atomic E-state index is 11.7. The van der Waals surface area contributed by atoms with Gasteiger partial charge < -0.3 is 4.52 Å². The summed E-state index contributed by atoms with van der Waals surface area (Å²) in [5.74, 6) is 0.503. The Labute approximate surface area is 93.3 Å². The second-order valence-corrected chi connectivity index (χ2v) is 9.27. The van der Waals surface area contributed by atoms with Gasteiger partial charge in [0.2, 0.25) is 0 Å². The minimum Gasteiger partial charge on any atom is -0.309 e. The molecule has 14 heavy (non-hydrogen) atoms. The summed E-state index contributed by atoms with van der Waals surface area (Å²) in [5, 5.41) is 2.69. The van der Waals surface area contributed by atoms with E-state index in [4.69, 9.17) is 4.52 Å². The van der Waals surface area contributed by atoms with Gasteiger partial charge in [-0.15, -0.1) is 0 Å². The molecule has 4 nitrogen and oxygen atoms in total. The lowest BCUT2D eigenvalue weighted by Gasteiger charge is -2.12. The first-order valence-corrected chi connectivity index (χ1v) is 8.97. The fraction of sp³-hybridized carbons (Fsp3) is 0.857. The van der Waals surface area contributed by atoms with Crippen molar-refractivity contribution >= 4 is 34.3 Å². The van der Waals surface area contributed by atoms with Crippen molar-refractivity contribution in [2.24, 2.45) is 10.9 Å². The predicted octanol–water partition coefficient (Wildman–Crippen LogP) is 3.03. The van der Waals surface area contributed by atoms with Crippen molar-refractivity contribution in [2.45, 2.75) is 13.8 Å². The van der Waals surface area contributed by atoms with Crippen LogP contribution in [0.1, 0.15) is 13.8 Å². The Morgan fingerprint density at radius 3 is 2.71 bits per heavy atom. The third kappa shape index (κ3) is 6.76. The second kappa shape index (κ2) is 7.63. The van der Waals surface area contributed by atoms with E-state index >= 15 is 0 Å². The van der Waals surface area contributed by atoms with Gasteiger partial charge >= 0.3 is 6.72 Å². The zero-order valence-corrected chi connectivity index (χ0v) is 11.4. The molecule has 0 aliphatic rings. The van der Waals surface area contributed by atoms with Crippen molar-refractivity contribution in [3.63, 3.8) is 0 Å². The van der Waals surface area contributed by atoms with Crippen LogP contribution in [0.15, 0.2) is 4.99 Å². The largest absolute Gasteiger partial charge is 0.361 e. The molecule has 1 N–H and O–H groups in total. The summed E-state index contributed by atoms with van der Waals surface area (Å²) >= 11 is 0. The highest BCUT2D eigenvalue weighted by Crippen LogP contribution is 2.59. The monoisotopic (exact) mass is 256 g/mol. The SMILES string of the molecule is COP(=O)(NC=NCC(C)C)SSC. The highest BCUT2D eigenvalue weighted by atomic mass is 33.3. The van der Waals surface area contributed by atoms with E-state index in [-0.39, 0.29) is 0 Å². The second-order valence-electron chi connectivity index (χ2n) is 2.94. The Hall–Kier alpha value is 0.360. The smallest absolute Gasteiger partial charge is 0.309 e. The van der Waals surface area contributed by atoms with Gasteiger partial charge in [-0.2, -0.15) is 0 Å². The molecule has 0 fully saturated rings. The molecular weight excluding hydrogens is 239 g/mol. The van der Waals surface area contributed by atoms with Crippen LogP contribution >= 0.6 is 27.9 Å². The molecule has 0 saturated heterocycles. The number of hydrogen-bond donors (Lipinski definition) is 1. The first kappa shape index (κ1) is 14.4. The number of nitrogens with one attached hydrogen (secondary N) is 1. The molecule has 0 aromatic rings. The van der Waals surface area contributed by atoms with Crippen LogP contribution in [-0.4, -0.2) is 26.2 Å². The fourth-order valence-corrected chi connectivity index (χ4v) is 4.95. The number of aliphatic imine (C=N–C) groups is 1. The molecule has 0 aromatic carbocycles. The molecule has 1 atom stereocenters. The van der Waals surface area contributed by atoms with E-state index in [0.717, 1.165) is 6.54 Å². The van der Waals surface area contributed by atoms with Gasteiger partial charge in [0.1, 0.15) is 0 Å². The molecule has 84 valence electrons. The lowest BCUT2D eigenvalue weighted by molar-refractivity contribution is 0.406. The Balaban J connectivity index is 3.94. The van der Waals surface area contributed by atoms with Gasteiger partial charge in [0, 0.05) is 24.1 Å². The highest BCUT2D eigenvalue weighted by molar-refractivity contribution is 8.98. The normalized spacial score (nSPS) is 16.1. The third-order valence-electron chi connectivity index (χ3n) is 1.19. The molecule has 0 spiro atoms. The van der Waals surface area contributed by atoms with E-state index in [1.807, 2.05) is 6.26 Å². The first-order valence-electron chi connectivity index (χ1n) is 4.18. The van der Waals surface area contributed by atoms with E-state index in [1.54, 1.807) is 0 Å². The minimum atomic E-state index is -2.78. The van der Waals surface area contributed by atoms with Gasteiger partial charge in [-0.1, -0.05) is 24.6 Å². The van der Waals surface area contributed by atoms with Crippen molar-refractivity contribution in [2.75, 3.05) is 19.9 Å². The molecular formula is C7H17N2O2PS2. The molecule has 0 aliphatic heterocycles. The van der Waals surface area contributed by atoms with E-state index in [9.17, 15) is 4.57 Å². The molecule has 0 heterocycles. The molecule has 1 unspecified atom stereocenters. The van der Waals surface area contributed by atoms with Crippen LogP contribution in [0.2, 0.25) is 0 Å². The molecule has 0 bridgehead atoms. The Kier molecular flexibility index (Phi) is 7.82. The summed E-state index contributed by atoms with van der Waals surface area (Å²) < 4.78 is 16.6. The van der Waals surface area contributed by atoms with Crippen molar-refractivity contribution in [1.82, 2.24) is 5.09 Å². The van der Waals surface area contributed by atoms with Gasteiger partial charge in [0.05, 0.1) is 6.34 Å². The molecule has 7 heteroatoms. The van der Waals surface area contributed by atoms with Gasteiger partial charge in [0.15, 0.2) is 0 Å². The van der Waals surface area contributed by atoms with Crippen molar-refractivity contribution < 1.29 is 9.09 Å². The van der Waals surface area contributed by atoms with Crippen LogP contribution in [0.25, 0.3) is 0 Å². The van der Waals surface area contributed by atoms with Crippen LogP contribution in [0.4, 0.5) is 0 Å². The quantitative estimate of drug-likeness (QED) is 0.328. The zero-order chi connectivity index (χ0) is 11.0. The predicted molar refractivity (Wildman–Crippen MR) is 67.1 cm³/mol. The summed E-state index contributed by atoms with van der Waals surface area (Å²) in [7, 11) is 4.01. The fourth-order valence-electron chi connectivity index (χ4n) is 0.578. The number of nitrogens with zero attached hydrogens (tertiary/aromatic N) is 1. The summed E-state index contributed by atoms with van der Waals surface area (Å²) in [6.45, 7) is 2.09. The highest BCUT2D eigenvalue weighted by Gasteiger charge is 2.20. The molecule has 0 aliphatic carbocycles. The van der Waals surface area contributed by atoms with Gasteiger partial charge in [0.25, 0.3) is 0 Å². The first-order chi connectivity index (χ1) is 6.54. The Bertz CT molecular complexity index is 224. The summed E-state index contributed by atoms with van der Waals surface area (Å²) in [6, 6.07) is 0. The molecule has 0 saturated carbocycles. The zero-order valence-electron chi connectivity index (χ0n) is 8.89. The van der Waals surface area contributed by atoms with Crippen molar-refractivity contribution in [3.8, 4) is 0 Å². The van der Waals surface area contributed by atoms with Crippen LogP contribution in [0, 0.1) is 5.92 Å². The topological polar surface area (TPSA) is 50.7 Å². The summed E-state index contributed by atoms with van der Waals surface area (Å²) in [6.07, 6.45) is 3.32. The number of hydrogen-bond acceptors (Lipinski definition) is 5. The average molecular weight is 256 g/mol. The van der Waals surface area contributed by atoms with Gasteiger partial charge in [-0.05, 0) is 12.2 Å². The van der Waals surface area contributed by atoms with Crippen LogP contribution < -0.4 is 5.09 Å². The number of rotatable bonds is 7. The van der Waals surface area contributed by atoms with E-state index in [2.05, 4.69) is 23.9 Å². The van der Waals surface area contributed by atoms with E-state index in [0.29, 0.717) is 5.92 Å². The average Bonchev–Trinajstić information content (AvgIpc) is 2.13. The van der Waals surface area contributed by atoms with Crippen LogP contribution in [-0.2, 0) is 9.09 Å². The molecule has 0 aromatic heterocycles. The lowest BCUT2D eigenvalue weighted by Crippen LogP contribution is -2.07.